The molecule has 0 radical (unpaired) electrons. The SMILES string of the molecule is NC(=O)c1cnn(-c2ccc(N)cc2C(F)F)c1. The quantitative estimate of drug-likeness (QED) is 0.811. The van der Waals surface area contributed by atoms with Crippen LogP contribution in [0.2, 0.25) is 0 Å². The van der Waals surface area contributed by atoms with E-state index in [1.54, 1.807) is 0 Å². The van der Waals surface area contributed by atoms with E-state index in [4.69, 9.17) is 11.5 Å². The molecule has 0 aliphatic heterocycles. The fourth-order valence-corrected chi connectivity index (χ4v) is 1.54. The second-order valence-corrected chi connectivity index (χ2v) is 3.66. The summed E-state index contributed by atoms with van der Waals surface area (Å²) in [6.45, 7) is 0. The average Bonchev–Trinajstić information content (AvgIpc) is 2.78. The van der Waals surface area contributed by atoms with E-state index in [1.165, 1.54) is 35.3 Å². The van der Waals surface area contributed by atoms with Crippen LogP contribution in [-0.2, 0) is 0 Å². The van der Waals surface area contributed by atoms with Crippen LogP contribution in [0.3, 0.4) is 0 Å². The number of hydrogen-bond acceptors (Lipinski definition) is 3. The van der Waals surface area contributed by atoms with Crippen molar-refractivity contribution < 1.29 is 13.6 Å². The van der Waals surface area contributed by atoms with E-state index in [0.29, 0.717) is 0 Å². The highest BCUT2D eigenvalue weighted by atomic mass is 19.3. The minimum Gasteiger partial charge on any atom is -0.399 e. The maximum Gasteiger partial charge on any atom is 0.266 e. The summed E-state index contributed by atoms with van der Waals surface area (Å²) in [4.78, 5) is 10.9. The number of halogens is 2. The van der Waals surface area contributed by atoms with Gasteiger partial charge in [0.1, 0.15) is 0 Å². The lowest BCUT2D eigenvalue weighted by atomic mass is 10.1. The molecule has 4 N–H and O–H groups in total. The normalized spacial score (nSPS) is 10.8. The Hall–Kier alpha value is -2.44. The number of carbonyl (C=O) groups is 1. The summed E-state index contributed by atoms with van der Waals surface area (Å²) in [6.07, 6.45) is -0.182. The number of alkyl halides is 2. The zero-order valence-electron chi connectivity index (χ0n) is 9.18. The molecule has 0 aliphatic carbocycles. The minimum absolute atomic E-state index is 0.145. The zero-order chi connectivity index (χ0) is 13.3. The Bertz CT molecular complexity index is 594. The summed E-state index contributed by atoms with van der Waals surface area (Å²) in [7, 11) is 0. The second kappa shape index (κ2) is 4.44. The summed E-state index contributed by atoms with van der Waals surface area (Å²) in [5.74, 6) is -0.671. The number of anilines is 1. The number of aromatic nitrogens is 2. The van der Waals surface area contributed by atoms with E-state index in [0.717, 1.165) is 0 Å². The van der Waals surface area contributed by atoms with Gasteiger partial charge in [0.15, 0.2) is 0 Å². The molecule has 5 nitrogen and oxygen atoms in total. The van der Waals surface area contributed by atoms with Gasteiger partial charge in [0.05, 0.1) is 17.4 Å². The highest BCUT2D eigenvalue weighted by Gasteiger charge is 2.16. The Kier molecular flexibility index (Phi) is 2.97. The highest BCUT2D eigenvalue weighted by Crippen LogP contribution is 2.27. The monoisotopic (exact) mass is 252 g/mol. The molecule has 0 bridgehead atoms. The van der Waals surface area contributed by atoms with E-state index in [2.05, 4.69) is 5.10 Å². The lowest BCUT2D eigenvalue weighted by molar-refractivity contribution is 0.100. The molecule has 0 spiro atoms. The molecule has 1 amide bonds. The van der Waals surface area contributed by atoms with Crippen molar-refractivity contribution in [3.63, 3.8) is 0 Å². The van der Waals surface area contributed by atoms with Gasteiger partial charge in [0.2, 0.25) is 0 Å². The van der Waals surface area contributed by atoms with Crippen LogP contribution in [0.4, 0.5) is 14.5 Å². The van der Waals surface area contributed by atoms with Crippen LogP contribution in [-0.4, -0.2) is 15.7 Å². The van der Waals surface area contributed by atoms with Crippen molar-refractivity contribution in [1.82, 2.24) is 9.78 Å². The Morgan fingerprint density at radius 3 is 2.67 bits per heavy atom. The van der Waals surface area contributed by atoms with E-state index < -0.39 is 12.3 Å². The van der Waals surface area contributed by atoms with Gasteiger partial charge in [0, 0.05) is 17.4 Å². The van der Waals surface area contributed by atoms with Crippen LogP contribution in [0.1, 0.15) is 22.3 Å². The van der Waals surface area contributed by atoms with Crippen molar-refractivity contribution in [2.45, 2.75) is 6.43 Å². The molecule has 2 rings (SSSR count). The molecule has 1 aromatic heterocycles. The molecular weight excluding hydrogens is 242 g/mol. The van der Waals surface area contributed by atoms with Gasteiger partial charge in [0.25, 0.3) is 12.3 Å². The van der Waals surface area contributed by atoms with Crippen molar-refractivity contribution in [1.29, 1.82) is 0 Å². The molecular formula is C11H10F2N4O. The molecule has 0 aliphatic rings. The number of nitrogens with zero attached hydrogens (tertiary/aromatic N) is 2. The average molecular weight is 252 g/mol. The third-order valence-corrected chi connectivity index (χ3v) is 2.40. The van der Waals surface area contributed by atoms with Gasteiger partial charge in [-0.1, -0.05) is 0 Å². The molecule has 7 heteroatoms. The van der Waals surface area contributed by atoms with Crippen molar-refractivity contribution in [2.75, 3.05) is 5.73 Å². The molecule has 94 valence electrons. The first kappa shape index (κ1) is 12.0. The first-order chi connectivity index (χ1) is 8.49. The summed E-state index contributed by atoms with van der Waals surface area (Å²) in [6, 6.07) is 4.06. The fraction of sp³-hybridized carbons (Fsp3) is 0.0909. The van der Waals surface area contributed by atoms with Crippen LogP contribution in [0.25, 0.3) is 5.69 Å². The summed E-state index contributed by atoms with van der Waals surface area (Å²) in [5.41, 5.74) is 10.8. The molecule has 1 aromatic carbocycles. The van der Waals surface area contributed by atoms with Crippen molar-refractivity contribution in [2.24, 2.45) is 5.73 Å². The van der Waals surface area contributed by atoms with E-state index in [9.17, 15) is 13.6 Å². The van der Waals surface area contributed by atoms with Gasteiger partial charge in [-0.25, -0.2) is 13.5 Å². The van der Waals surface area contributed by atoms with Gasteiger partial charge < -0.3 is 11.5 Å². The van der Waals surface area contributed by atoms with Crippen LogP contribution in [0, 0.1) is 0 Å². The first-order valence-corrected chi connectivity index (χ1v) is 5.01. The fourth-order valence-electron chi connectivity index (χ4n) is 1.54. The molecule has 0 saturated carbocycles. The minimum atomic E-state index is -2.69. The second-order valence-electron chi connectivity index (χ2n) is 3.66. The summed E-state index contributed by atoms with van der Waals surface area (Å²) < 4.78 is 26.9. The maximum atomic E-state index is 12.9. The largest absolute Gasteiger partial charge is 0.399 e. The van der Waals surface area contributed by atoms with E-state index in [-0.39, 0.29) is 22.5 Å². The number of benzene rings is 1. The number of amides is 1. The third kappa shape index (κ3) is 2.15. The predicted molar refractivity (Wildman–Crippen MR) is 61.5 cm³/mol. The number of hydrogen-bond donors (Lipinski definition) is 2. The van der Waals surface area contributed by atoms with Gasteiger partial charge in [-0.05, 0) is 18.2 Å². The molecule has 0 fully saturated rings. The smallest absolute Gasteiger partial charge is 0.266 e. The van der Waals surface area contributed by atoms with Crippen LogP contribution in [0.5, 0.6) is 0 Å². The Labute approximate surface area is 101 Å². The highest BCUT2D eigenvalue weighted by molar-refractivity contribution is 5.92. The topological polar surface area (TPSA) is 86.9 Å². The Morgan fingerprint density at radius 2 is 2.11 bits per heavy atom. The summed E-state index contributed by atoms with van der Waals surface area (Å²) in [5, 5.41) is 3.82. The lowest BCUT2D eigenvalue weighted by Crippen LogP contribution is -2.09. The first-order valence-electron chi connectivity index (χ1n) is 5.01. The van der Waals surface area contributed by atoms with Crippen LogP contribution < -0.4 is 11.5 Å². The molecule has 18 heavy (non-hydrogen) atoms. The molecule has 2 aromatic rings. The van der Waals surface area contributed by atoms with Crippen molar-refractivity contribution >= 4 is 11.6 Å². The third-order valence-electron chi connectivity index (χ3n) is 2.40. The van der Waals surface area contributed by atoms with Gasteiger partial charge in [-0.15, -0.1) is 0 Å². The molecule has 0 atom stereocenters. The zero-order valence-corrected chi connectivity index (χ0v) is 9.18. The lowest BCUT2D eigenvalue weighted by Gasteiger charge is -2.09. The Morgan fingerprint density at radius 1 is 1.39 bits per heavy atom. The van der Waals surface area contributed by atoms with E-state index >= 15 is 0 Å². The molecule has 0 unspecified atom stereocenters. The van der Waals surface area contributed by atoms with Crippen molar-refractivity contribution in [3.05, 3.63) is 41.7 Å². The van der Waals surface area contributed by atoms with E-state index in [1.807, 2.05) is 0 Å². The van der Waals surface area contributed by atoms with Gasteiger partial charge in [-0.2, -0.15) is 5.10 Å². The molecule has 1 heterocycles. The number of nitrogens with two attached hydrogens (primary N) is 2. The van der Waals surface area contributed by atoms with Crippen LogP contribution in [0.15, 0.2) is 30.6 Å². The predicted octanol–water partition coefficient (Wildman–Crippen LogP) is 1.49. The van der Waals surface area contributed by atoms with Gasteiger partial charge in [-0.3, -0.25) is 4.79 Å². The molecule has 0 saturated heterocycles. The van der Waals surface area contributed by atoms with Crippen molar-refractivity contribution in [3.8, 4) is 5.69 Å². The number of primary amides is 1. The number of rotatable bonds is 3. The standard InChI is InChI=1S/C11H10F2N4O/c12-10(13)8-3-7(14)1-2-9(8)17-5-6(4-16-17)11(15)18/h1-5,10H,14H2,(H2,15,18). The number of carbonyl (C=O) groups excluding carboxylic acids is 1. The Balaban J connectivity index is 2.52. The van der Waals surface area contributed by atoms with Gasteiger partial charge >= 0.3 is 0 Å². The maximum absolute atomic E-state index is 12.9. The summed E-state index contributed by atoms with van der Waals surface area (Å²) >= 11 is 0. The van der Waals surface area contributed by atoms with Crippen LogP contribution >= 0.6 is 0 Å². The number of nitrogen functional groups attached to an aromatic ring is 1.